The van der Waals surface area contributed by atoms with Crippen LogP contribution in [0.4, 0.5) is 0 Å². The van der Waals surface area contributed by atoms with Crippen molar-refractivity contribution in [2.24, 2.45) is 0 Å². The minimum absolute atomic E-state index is 0.0459. The number of carbonyl (C=O) groups is 1. The van der Waals surface area contributed by atoms with Crippen LogP contribution in [0.2, 0.25) is 0 Å². The Morgan fingerprint density at radius 3 is 2.32 bits per heavy atom. The highest BCUT2D eigenvalue weighted by Crippen LogP contribution is 2.10. The van der Waals surface area contributed by atoms with Gasteiger partial charge in [-0.1, -0.05) is 0 Å². The zero-order valence-corrected chi connectivity index (χ0v) is 13.6. The van der Waals surface area contributed by atoms with E-state index >= 15 is 0 Å². The van der Waals surface area contributed by atoms with Gasteiger partial charge in [0.2, 0.25) is 0 Å². The zero-order chi connectivity index (χ0) is 14.1. The topological polar surface area (TPSA) is 38.8 Å². The highest BCUT2D eigenvalue weighted by atomic mass is 127. The van der Waals surface area contributed by atoms with Crippen LogP contribution in [0.5, 0.6) is 0 Å². The van der Waals surface area contributed by atoms with E-state index in [4.69, 9.17) is 9.47 Å². The molecule has 0 heterocycles. The Balaban J connectivity index is 2.66. The van der Waals surface area contributed by atoms with Crippen LogP contribution < -0.4 is 0 Å². The van der Waals surface area contributed by atoms with Crippen molar-refractivity contribution in [1.82, 2.24) is 4.90 Å². The lowest BCUT2D eigenvalue weighted by atomic mass is 10.2. The van der Waals surface area contributed by atoms with Gasteiger partial charge in [-0.2, -0.15) is 0 Å². The van der Waals surface area contributed by atoms with E-state index in [9.17, 15) is 4.79 Å². The van der Waals surface area contributed by atoms with Crippen LogP contribution in [0, 0.1) is 3.57 Å². The predicted molar refractivity (Wildman–Crippen MR) is 83.4 cm³/mol. The number of amides is 1. The summed E-state index contributed by atoms with van der Waals surface area (Å²) in [5.74, 6) is 0.0459. The second-order valence-electron chi connectivity index (χ2n) is 4.14. The number of rotatable bonds is 8. The summed E-state index contributed by atoms with van der Waals surface area (Å²) in [6.45, 7) is 2.49. The van der Waals surface area contributed by atoms with Gasteiger partial charge in [0.25, 0.3) is 5.91 Å². The standard InChI is InChI=1S/C14H20INO3/c1-18-10-3-8-16(9-11-19-2)14(17)12-4-6-13(15)7-5-12/h4-7H,3,8-11H2,1-2H3. The fourth-order valence-corrected chi connectivity index (χ4v) is 2.05. The van der Waals surface area contributed by atoms with E-state index in [2.05, 4.69) is 22.6 Å². The molecule has 0 unspecified atom stereocenters. The summed E-state index contributed by atoms with van der Waals surface area (Å²) < 4.78 is 11.2. The third kappa shape index (κ3) is 5.88. The van der Waals surface area contributed by atoms with Crippen molar-refractivity contribution < 1.29 is 14.3 Å². The number of benzene rings is 1. The fourth-order valence-electron chi connectivity index (χ4n) is 1.69. The smallest absolute Gasteiger partial charge is 0.253 e. The molecular weight excluding hydrogens is 357 g/mol. The number of hydrogen-bond acceptors (Lipinski definition) is 3. The van der Waals surface area contributed by atoms with E-state index in [0.717, 1.165) is 9.99 Å². The summed E-state index contributed by atoms with van der Waals surface area (Å²) in [6.07, 6.45) is 0.830. The molecule has 0 radical (unpaired) electrons. The lowest BCUT2D eigenvalue weighted by Gasteiger charge is -2.22. The summed E-state index contributed by atoms with van der Waals surface area (Å²) in [6, 6.07) is 7.61. The summed E-state index contributed by atoms with van der Waals surface area (Å²) >= 11 is 2.23. The number of methoxy groups -OCH3 is 2. The molecule has 0 atom stereocenters. The third-order valence-corrected chi connectivity index (χ3v) is 3.44. The van der Waals surface area contributed by atoms with Crippen LogP contribution in [0.25, 0.3) is 0 Å². The first-order chi connectivity index (χ1) is 9.19. The monoisotopic (exact) mass is 377 g/mol. The molecule has 0 aromatic heterocycles. The van der Waals surface area contributed by atoms with Gasteiger partial charge in [-0.05, 0) is 53.3 Å². The van der Waals surface area contributed by atoms with Gasteiger partial charge in [0.1, 0.15) is 0 Å². The van der Waals surface area contributed by atoms with Crippen LogP contribution in [0.1, 0.15) is 16.8 Å². The van der Waals surface area contributed by atoms with E-state index < -0.39 is 0 Å². The SMILES string of the molecule is COCCCN(CCOC)C(=O)c1ccc(I)cc1. The third-order valence-electron chi connectivity index (χ3n) is 2.72. The van der Waals surface area contributed by atoms with Crippen LogP contribution in [0.3, 0.4) is 0 Å². The lowest BCUT2D eigenvalue weighted by Crippen LogP contribution is -2.35. The normalized spacial score (nSPS) is 10.5. The molecule has 1 rings (SSSR count). The van der Waals surface area contributed by atoms with Gasteiger partial charge in [-0.25, -0.2) is 0 Å². The molecule has 0 N–H and O–H groups in total. The number of ether oxygens (including phenoxy) is 2. The average molecular weight is 377 g/mol. The van der Waals surface area contributed by atoms with Gasteiger partial charge < -0.3 is 14.4 Å². The molecule has 5 heteroatoms. The lowest BCUT2D eigenvalue weighted by molar-refractivity contribution is 0.0674. The van der Waals surface area contributed by atoms with Crippen molar-refractivity contribution in [3.05, 3.63) is 33.4 Å². The summed E-state index contributed by atoms with van der Waals surface area (Å²) in [5, 5.41) is 0. The van der Waals surface area contributed by atoms with Crippen molar-refractivity contribution in [2.75, 3.05) is 40.5 Å². The molecule has 1 aromatic carbocycles. The Hall–Kier alpha value is -0.660. The molecule has 0 aliphatic heterocycles. The molecule has 0 bridgehead atoms. The summed E-state index contributed by atoms with van der Waals surface area (Å²) in [4.78, 5) is 14.2. The maximum absolute atomic E-state index is 12.4. The van der Waals surface area contributed by atoms with Gasteiger partial charge >= 0.3 is 0 Å². The zero-order valence-electron chi connectivity index (χ0n) is 11.4. The molecule has 0 spiro atoms. The van der Waals surface area contributed by atoms with Crippen molar-refractivity contribution in [3.63, 3.8) is 0 Å². The highest BCUT2D eigenvalue weighted by Gasteiger charge is 2.14. The van der Waals surface area contributed by atoms with E-state index in [-0.39, 0.29) is 5.91 Å². The van der Waals surface area contributed by atoms with Gasteiger partial charge in [0.15, 0.2) is 0 Å². The number of halogens is 1. The summed E-state index contributed by atoms with van der Waals surface area (Å²) in [7, 11) is 3.31. The van der Waals surface area contributed by atoms with Crippen LogP contribution >= 0.6 is 22.6 Å². The Bertz CT molecular complexity index is 381. The van der Waals surface area contributed by atoms with Crippen LogP contribution in [-0.2, 0) is 9.47 Å². The van der Waals surface area contributed by atoms with E-state index in [1.165, 1.54) is 0 Å². The molecule has 19 heavy (non-hydrogen) atoms. The van der Waals surface area contributed by atoms with Crippen LogP contribution in [-0.4, -0.2) is 51.3 Å². The molecule has 0 aliphatic carbocycles. The van der Waals surface area contributed by atoms with Crippen molar-refractivity contribution in [1.29, 1.82) is 0 Å². The van der Waals surface area contributed by atoms with Gasteiger partial charge in [0.05, 0.1) is 6.61 Å². The first kappa shape index (κ1) is 16.4. The minimum atomic E-state index is 0.0459. The summed E-state index contributed by atoms with van der Waals surface area (Å²) in [5.41, 5.74) is 0.717. The number of nitrogens with zero attached hydrogens (tertiary/aromatic N) is 1. The molecule has 0 aliphatic rings. The van der Waals surface area contributed by atoms with E-state index in [0.29, 0.717) is 31.9 Å². The second kappa shape index (κ2) is 9.28. The Labute approximate surface area is 128 Å². The first-order valence-corrected chi connectivity index (χ1v) is 7.29. The Morgan fingerprint density at radius 1 is 1.11 bits per heavy atom. The molecule has 0 fully saturated rings. The van der Waals surface area contributed by atoms with Crippen LogP contribution in [0.15, 0.2) is 24.3 Å². The molecule has 1 amide bonds. The minimum Gasteiger partial charge on any atom is -0.385 e. The van der Waals surface area contributed by atoms with Gasteiger partial charge in [-0.15, -0.1) is 0 Å². The highest BCUT2D eigenvalue weighted by molar-refractivity contribution is 14.1. The largest absolute Gasteiger partial charge is 0.385 e. The molecule has 1 aromatic rings. The van der Waals surface area contributed by atoms with Gasteiger partial charge in [0, 0.05) is 43.0 Å². The van der Waals surface area contributed by atoms with E-state index in [1.807, 2.05) is 29.2 Å². The van der Waals surface area contributed by atoms with Crippen molar-refractivity contribution in [2.45, 2.75) is 6.42 Å². The number of hydrogen-bond donors (Lipinski definition) is 0. The molecular formula is C14H20INO3. The first-order valence-electron chi connectivity index (χ1n) is 6.21. The maximum atomic E-state index is 12.4. The molecule has 4 nitrogen and oxygen atoms in total. The van der Waals surface area contributed by atoms with Crippen molar-refractivity contribution >= 4 is 28.5 Å². The molecule has 0 saturated heterocycles. The Kier molecular flexibility index (Phi) is 8.00. The van der Waals surface area contributed by atoms with E-state index in [1.54, 1.807) is 14.2 Å². The predicted octanol–water partition coefficient (Wildman–Crippen LogP) is 2.42. The molecule has 0 saturated carbocycles. The van der Waals surface area contributed by atoms with Crippen molar-refractivity contribution in [3.8, 4) is 0 Å². The number of carbonyl (C=O) groups excluding carboxylic acids is 1. The quantitative estimate of drug-likeness (QED) is 0.516. The Morgan fingerprint density at radius 2 is 1.74 bits per heavy atom. The second-order valence-corrected chi connectivity index (χ2v) is 5.38. The molecule has 106 valence electrons. The van der Waals surface area contributed by atoms with Gasteiger partial charge in [-0.3, -0.25) is 4.79 Å². The maximum Gasteiger partial charge on any atom is 0.253 e. The fraction of sp³-hybridized carbons (Fsp3) is 0.500. The average Bonchev–Trinajstić information content (AvgIpc) is 2.43.